The molecule has 0 aromatic rings. The summed E-state index contributed by atoms with van der Waals surface area (Å²) >= 11 is 4.08. The molecule has 0 aromatic heterocycles. The molecule has 0 aromatic carbocycles. The average Bonchev–Trinajstić information content (AvgIpc) is 2.05. The number of rotatable bonds is 7. The number of hydrogen-bond donors (Lipinski definition) is 3. The lowest BCUT2D eigenvalue weighted by atomic mass is 10.3. The van der Waals surface area contributed by atoms with E-state index in [9.17, 15) is 0 Å². The van der Waals surface area contributed by atoms with E-state index in [1.807, 2.05) is 4.90 Å². The molecule has 3 nitrogen and oxygen atoms in total. The van der Waals surface area contributed by atoms with E-state index in [2.05, 4.69) is 19.2 Å². The second-order valence-corrected chi connectivity index (χ2v) is 2.95. The summed E-state index contributed by atoms with van der Waals surface area (Å²) in [5, 5.41) is 17.4. The third kappa shape index (κ3) is 5.60. The predicted molar refractivity (Wildman–Crippen MR) is 53.6 cm³/mol. The molecular formula is C8H17NO2S. The maximum absolute atomic E-state index is 8.68. The summed E-state index contributed by atoms with van der Waals surface area (Å²) in [5.41, 5.74) is 1.00. The first-order valence-corrected chi connectivity index (χ1v) is 4.59. The standard InChI is InChI=1S/C8H17NO2S/c1-8(7-12)6-9(2-4-10)3-5-11/h10-12H,1-7H2. The van der Waals surface area contributed by atoms with Crippen LogP contribution in [0, 0.1) is 0 Å². The fourth-order valence-corrected chi connectivity index (χ4v) is 1.02. The molecule has 2 N–H and O–H groups in total. The van der Waals surface area contributed by atoms with Gasteiger partial charge in [-0.3, -0.25) is 4.90 Å². The van der Waals surface area contributed by atoms with Crippen LogP contribution in [0.4, 0.5) is 0 Å². The van der Waals surface area contributed by atoms with E-state index in [1.54, 1.807) is 0 Å². The lowest BCUT2D eigenvalue weighted by molar-refractivity contribution is 0.170. The Morgan fingerprint density at radius 1 is 1.25 bits per heavy atom. The molecule has 0 aliphatic heterocycles. The zero-order chi connectivity index (χ0) is 9.40. The van der Waals surface area contributed by atoms with Crippen molar-refractivity contribution in [2.75, 3.05) is 38.6 Å². The molecule has 0 fully saturated rings. The summed E-state index contributed by atoms with van der Waals surface area (Å²) in [6.45, 7) is 5.87. The predicted octanol–water partition coefficient (Wildman–Crippen LogP) is -0.241. The fraction of sp³-hybridized carbons (Fsp3) is 0.750. The van der Waals surface area contributed by atoms with Gasteiger partial charge >= 0.3 is 0 Å². The SMILES string of the molecule is C=C(CS)CN(CCO)CCO. The first kappa shape index (κ1) is 12.0. The molecule has 0 unspecified atom stereocenters. The van der Waals surface area contributed by atoms with Gasteiger partial charge in [0.15, 0.2) is 0 Å². The van der Waals surface area contributed by atoms with Crippen molar-refractivity contribution in [1.29, 1.82) is 0 Å². The van der Waals surface area contributed by atoms with Crippen LogP contribution in [0.2, 0.25) is 0 Å². The van der Waals surface area contributed by atoms with Crippen LogP contribution >= 0.6 is 12.6 Å². The lowest BCUT2D eigenvalue weighted by Crippen LogP contribution is -2.31. The largest absolute Gasteiger partial charge is 0.395 e. The second-order valence-electron chi connectivity index (χ2n) is 2.63. The monoisotopic (exact) mass is 191 g/mol. The summed E-state index contributed by atoms with van der Waals surface area (Å²) in [7, 11) is 0. The highest BCUT2D eigenvalue weighted by Crippen LogP contribution is 1.97. The summed E-state index contributed by atoms with van der Waals surface area (Å²) in [4.78, 5) is 1.94. The van der Waals surface area contributed by atoms with Gasteiger partial charge in [-0.15, -0.1) is 0 Å². The Labute approximate surface area is 79.1 Å². The van der Waals surface area contributed by atoms with Gasteiger partial charge in [-0.2, -0.15) is 12.6 Å². The number of aliphatic hydroxyl groups excluding tert-OH is 2. The van der Waals surface area contributed by atoms with Crippen LogP contribution in [0.3, 0.4) is 0 Å². The third-order valence-corrected chi connectivity index (χ3v) is 1.95. The van der Waals surface area contributed by atoms with Crippen LogP contribution in [-0.4, -0.2) is 53.7 Å². The minimum atomic E-state index is 0.111. The fourth-order valence-electron chi connectivity index (χ4n) is 0.919. The van der Waals surface area contributed by atoms with Gasteiger partial charge in [-0.05, 0) is 0 Å². The topological polar surface area (TPSA) is 43.7 Å². The Morgan fingerprint density at radius 2 is 1.75 bits per heavy atom. The molecule has 0 aliphatic rings. The number of aliphatic hydroxyl groups is 2. The summed E-state index contributed by atoms with van der Waals surface area (Å²) in [6.07, 6.45) is 0. The molecule has 72 valence electrons. The third-order valence-electron chi connectivity index (χ3n) is 1.50. The van der Waals surface area contributed by atoms with E-state index >= 15 is 0 Å². The van der Waals surface area contributed by atoms with Crippen molar-refractivity contribution in [2.24, 2.45) is 0 Å². The molecule has 0 rings (SSSR count). The lowest BCUT2D eigenvalue weighted by Gasteiger charge is -2.20. The highest BCUT2D eigenvalue weighted by molar-refractivity contribution is 7.80. The van der Waals surface area contributed by atoms with E-state index in [-0.39, 0.29) is 13.2 Å². The van der Waals surface area contributed by atoms with Crippen molar-refractivity contribution in [3.8, 4) is 0 Å². The molecule has 0 bridgehead atoms. The van der Waals surface area contributed by atoms with E-state index < -0.39 is 0 Å². The maximum atomic E-state index is 8.68. The van der Waals surface area contributed by atoms with Gasteiger partial charge in [0.1, 0.15) is 0 Å². The van der Waals surface area contributed by atoms with Crippen molar-refractivity contribution >= 4 is 12.6 Å². The van der Waals surface area contributed by atoms with Crippen LogP contribution in [0.15, 0.2) is 12.2 Å². The first-order chi connectivity index (χ1) is 5.74. The molecule has 0 aliphatic carbocycles. The molecular weight excluding hydrogens is 174 g/mol. The molecule has 4 heteroatoms. The van der Waals surface area contributed by atoms with Crippen molar-refractivity contribution < 1.29 is 10.2 Å². The minimum absolute atomic E-state index is 0.111. The first-order valence-electron chi connectivity index (χ1n) is 3.96. The molecule has 0 heterocycles. The smallest absolute Gasteiger partial charge is 0.0558 e. The van der Waals surface area contributed by atoms with Gasteiger partial charge in [0.25, 0.3) is 0 Å². The van der Waals surface area contributed by atoms with Gasteiger partial charge in [-0.1, -0.05) is 12.2 Å². The number of nitrogens with zero attached hydrogens (tertiary/aromatic N) is 1. The Balaban J connectivity index is 3.68. The highest BCUT2D eigenvalue weighted by atomic mass is 32.1. The quantitative estimate of drug-likeness (QED) is 0.384. The normalized spacial score (nSPS) is 10.7. The van der Waals surface area contributed by atoms with Gasteiger partial charge in [0.05, 0.1) is 13.2 Å². The molecule has 12 heavy (non-hydrogen) atoms. The maximum Gasteiger partial charge on any atom is 0.0558 e. The van der Waals surface area contributed by atoms with Gasteiger partial charge in [0.2, 0.25) is 0 Å². The van der Waals surface area contributed by atoms with E-state index in [0.29, 0.717) is 25.4 Å². The molecule has 0 saturated carbocycles. The van der Waals surface area contributed by atoms with Crippen LogP contribution in [-0.2, 0) is 0 Å². The van der Waals surface area contributed by atoms with Crippen molar-refractivity contribution in [3.05, 3.63) is 12.2 Å². The van der Waals surface area contributed by atoms with E-state index in [0.717, 1.165) is 5.57 Å². The van der Waals surface area contributed by atoms with Gasteiger partial charge in [0, 0.05) is 25.4 Å². The zero-order valence-electron chi connectivity index (χ0n) is 7.24. The molecule has 0 amide bonds. The Morgan fingerprint density at radius 3 is 2.08 bits per heavy atom. The molecule has 0 atom stereocenters. The van der Waals surface area contributed by atoms with E-state index in [1.165, 1.54) is 0 Å². The highest BCUT2D eigenvalue weighted by Gasteiger charge is 2.03. The van der Waals surface area contributed by atoms with Gasteiger partial charge < -0.3 is 10.2 Å². The molecule has 0 radical (unpaired) electrons. The summed E-state index contributed by atoms with van der Waals surface area (Å²) in [5.74, 6) is 0.646. The Bertz CT molecular complexity index is 124. The average molecular weight is 191 g/mol. The van der Waals surface area contributed by atoms with Crippen LogP contribution in [0.1, 0.15) is 0 Å². The van der Waals surface area contributed by atoms with Crippen LogP contribution in [0.5, 0.6) is 0 Å². The minimum Gasteiger partial charge on any atom is -0.395 e. The van der Waals surface area contributed by atoms with Crippen LogP contribution in [0.25, 0.3) is 0 Å². The van der Waals surface area contributed by atoms with Crippen molar-refractivity contribution in [1.82, 2.24) is 4.90 Å². The zero-order valence-corrected chi connectivity index (χ0v) is 8.13. The molecule has 0 saturated heterocycles. The molecule has 0 spiro atoms. The van der Waals surface area contributed by atoms with Gasteiger partial charge in [-0.25, -0.2) is 0 Å². The Kier molecular flexibility index (Phi) is 7.59. The number of thiol groups is 1. The van der Waals surface area contributed by atoms with E-state index in [4.69, 9.17) is 10.2 Å². The van der Waals surface area contributed by atoms with Crippen LogP contribution < -0.4 is 0 Å². The summed E-state index contributed by atoms with van der Waals surface area (Å²) < 4.78 is 0. The second kappa shape index (κ2) is 7.61. The number of hydrogen-bond acceptors (Lipinski definition) is 4. The van der Waals surface area contributed by atoms with Crippen molar-refractivity contribution in [2.45, 2.75) is 0 Å². The Hall–Kier alpha value is -0.0300. The summed E-state index contributed by atoms with van der Waals surface area (Å²) in [6, 6.07) is 0. The van der Waals surface area contributed by atoms with Crippen molar-refractivity contribution in [3.63, 3.8) is 0 Å².